The number of hydrogen-bond acceptors (Lipinski definition) is 4. The van der Waals surface area contributed by atoms with E-state index in [-0.39, 0.29) is 18.6 Å². The molecule has 2 aromatic carbocycles. The molecule has 1 amide bonds. The Bertz CT molecular complexity index is 718. The second-order valence-electron chi connectivity index (χ2n) is 6.03. The summed E-state index contributed by atoms with van der Waals surface area (Å²) in [6, 6.07) is 14.9. The number of carbonyl (C=O) groups is 1. The summed E-state index contributed by atoms with van der Waals surface area (Å²) < 4.78 is 10.6. The van der Waals surface area contributed by atoms with Gasteiger partial charge in [-0.15, -0.1) is 0 Å². The van der Waals surface area contributed by atoms with E-state index in [0.717, 1.165) is 24.4 Å². The topological polar surface area (TPSA) is 50.8 Å². The zero-order chi connectivity index (χ0) is 19.6. The molecule has 27 heavy (non-hydrogen) atoms. The fourth-order valence-electron chi connectivity index (χ4n) is 2.93. The van der Waals surface area contributed by atoms with Crippen molar-refractivity contribution in [2.45, 2.75) is 19.9 Å². The molecule has 2 aromatic rings. The molecular weight excluding hydrogens is 364 g/mol. The molecule has 146 valence electrons. The number of benzene rings is 2. The van der Waals surface area contributed by atoms with Crippen LogP contribution in [0.1, 0.15) is 25.5 Å². The lowest BCUT2D eigenvalue weighted by atomic mass is 10.0. The second-order valence-corrected chi connectivity index (χ2v) is 6.43. The van der Waals surface area contributed by atoms with Gasteiger partial charge in [0.25, 0.3) is 5.91 Å². The minimum Gasteiger partial charge on any atom is -0.497 e. The number of halogens is 1. The number of likely N-dealkylation sites (N-methyl/N-ethyl adjacent to an activating group) is 1. The first-order chi connectivity index (χ1) is 13.1. The number of amides is 1. The van der Waals surface area contributed by atoms with Crippen LogP contribution in [0.2, 0.25) is 5.02 Å². The molecule has 5 nitrogen and oxygen atoms in total. The Kier molecular flexibility index (Phi) is 8.43. The first kappa shape index (κ1) is 21.1. The summed E-state index contributed by atoms with van der Waals surface area (Å²) in [7, 11) is 1.61. The monoisotopic (exact) mass is 390 g/mol. The first-order valence-corrected chi connectivity index (χ1v) is 9.48. The molecule has 0 heterocycles. The van der Waals surface area contributed by atoms with E-state index in [0.29, 0.717) is 17.3 Å². The Balaban J connectivity index is 1.95. The van der Waals surface area contributed by atoms with Crippen molar-refractivity contribution in [3.63, 3.8) is 0 Å². The van der Waals surface area contributed by atoms with E-state index in [1.807, 2.05) is 24.3 Å². The number of carbonyl (C=O) groups excluding carboxylic acids is 1. The number of ether oxygens (including phenoxy) is 2. The number of methoxy groups -OCH3 is 1. The third-order valence-corrected chi connectivity index (χ3v) is 4.78. The maximum atomic E-state index is 12.2. The third kappa shape index (κ3) is 6.15. The summed E-state index contributed by atoms with van der Waals surface area (Å²) in [6.45, 7) is 6.36. The van der Waals surface area contributed by atoms with Gasteiger partial charge in [0.1, 0.15) is 11.5 Å². The van der Waals surface area contributed by atoms with Crippen molar-refractivity contribution in [3.8, 4) is 11.5 Å². The van der Waals surface area contributed by atoms with Crippen molar-refractivity contribution < 1.29 is 14.3 Å². The summed E-state index contributed by atoms with van der Waals surface area (Å²) in [5, 5.41) is 3.67. The minimum atomic E-state index is -0.171. The Hall–Kier alpha value is -2.24. The standard InChI is InChI=1S/C21H27ClN2O3/c1-4-24(5-2)20(18-8-6-7-9-19(18)22)14-23-21(25)15-27-17-12-10-16(26-3)11-13-17/h6-13,20H,4-5,14-15H2,1-3H3,(H,23,25). The molecule has 6 heteroatoms. The van der Waals surface area contributed by atoms with Gasteiger partial charge in [-0.1, -0.05) is 43.6 Å². The Morgan fingerprint density at radius 2 is 1.70 bits per heavy atom. The highest BCUT2D eigenvalue weighted by molar-refractivity contribution is 6.31. The predicted molar refractivity (Wildman–Crippen MR) is 109 cm³/mol. The van der Waals surface area contributed by atoms with Crippen LogP contribution in [-0.4, -0.2) is 44.2 Å². The van der Waals surface area contributed by atoms with E-state index in [9.17, 15) is 4.79 Å². The van der Waals surface area contributed by atoms with E-state index < -0.39 is 0 Å². The number of nitrogens with zero attached hydrogens (tertiary/aromatic N) is 1. The zero-order valence-corrected chi connectivity index (χ0v) is 16.8. The maximum absolute atomic E-state index is 12.2. The molecule has 0 aliphatic heterocycles. The van der Waals surface area contributed by atoms with Crippen molar-refractivity contribution in [1.29, 1.82) is 0 Å². The molecule has 0 aromatic heterocycles. The molecule has 0 bridgehead atoms. The highest BCUT2D eigenvalue weighted by Gasteiger charge is 2.21. The largest absolute Gasteiger partial charge is 0.497 e. The van der Waals surface area contributed by atoms with Gasteiger partial charge in [-0.05, 0) is 49.0 Å². The zero-order valence-electron chi connectivity index (χ0n) is 16.1. The van der Waals surface area contributed by atoms with Crippen LogP contribution in [0.3, 0.4) is 0 Å². The summed E-state index contributed by atoms with van der Waals surface area (Å²) in [5.74, 6) is 1.20. The summed E-state index contributed by atoms with van der Waals surface area (Å²) >= 11 is 6.38. The Labute approximate surface area is 166 Å². The molecule has 1 atom stereocenters. The van der Waals surface area contributed by atoms with Crippen molar-refractivity contribution in [2.75, 3.05) is 33.4 Å². The van der Waals surface area contributed by atoms with E-state index in [1.54, 1.807) is 31.4 Å². The van der Waals surface area contributed by atoms with Gasteiger partial charge in [-0.2, -0.15) is 0 Å². The van der Waals surface area contributed by atoms with Crippen molar-refractivity contribution in [2.24, 2.45) is 0 Å². The smallest absolute Gasteiger partial charge is 0.258 e. The van der Waals surface area contributed by atoms with Crippen molar-refractivity contribution >= 4 is 17.5 Å². The van der Waals surface area contributed by atoms with Crippen LogP contribution in [0.4, 0.5) is 0 Å². The molecule has 0 radical (unpaired) electrons. The predicted octanol–water partition coefficient (Wildman–Crippen LogP) is 3.93. The van der Waals surface area contributed by atoms with Gasteiger partial charge < -0.3 is 14.8 Å². The van der Waals surface area contributed by atoms with Crippen molar-refractivity contribution in [1.82, 2.24) is 10.2 Å². The molecule has 0 saturated heterocycles. The van der Waals surface area contributed by atoms with Gasteiger partial charge in [-0.3, -0.25) is 9.69 Å². The van der Waals surface area contributed by atoms with E-state index in [1.165, 1.54) is 0 Å². The van der Waals surface area contributed by atoms with Gasteiger partial charge >= 0.3 is 0 Å². The van der Waals surface area contributed by atoms with Gasteiger partial charge in [0, 0.05) is 11.6 Å². The Morgan fingerprint density at radius 3 is 2.30 bits per heavy atom. The molecule has 0 saturated carbocycles. The van der Waals surface area contributed by atoms with Crippen LogP contribution in [0.5, 0.6) is 11.5 Å². The third-order valence-electron chi connectivity index (χ3n) is 4.44. The first-order valence-electron chi connectivity index (χ1n) is 9.11. The molecule has 1 unspecified atom stereocenters. The summed E-state index contributed by atoms with van der Waals surface area (Å²) in [4.78, 5) is 14.5. The lowest BCUT2D eigenvalue weighted by Gasteiger charge is -2.30. The molecule has 0 fully saturated rings. The fourth-order valence-corrected chi connectivity index (χ4v) is 3.19. The fraction of sp³-hybridized carbons (Fsp3) is 0.381. The average Bonchev–Trinajstić information content (AvgIpc) is 2.70. The molecule has 2 rings (SSSR count). The van der Waals surface area contributed by atoms with E-state index in [2.05, 4.69) is 24.1 Å². The molecule has 0 aliphatic carbocycles. The van der Waals surface area contributed by atoms with Gasteiger partial charge in [0.2, 0.25) is 0 Å². The lowest BCUT2D eigenvalue weighted by Crippen LogP contribution is -2.39. The summed E-state index contributed by atoms with van der Waals surface area (Å²) in [6.07, 6.45) is 0. The Morgan fingerprint density at radius 1 is 1.07 bits per heavy atom. The molecule has 0 spiro atoms. The quantitative estimate of drug-likeness (QED) is 0.667. The number of rotatable bonds is 10. The summed E-state index contributed by atoms with van der Waals surface area (Å²) in [5.41, 5.74) is 1.01. The highest BCUT2D eigenvalue weighted by atomic mass is 35.5. The van der Waals surface area contributed by atoms with Crippen LogP contribution >= 0.6 is 11.6 Å². The SMILES string of the molecule is CCN(CC)C(CNC(=O)COc1ccc(OC)cc1)c1ccccc1Cl. The molecular formula is C21H27ClN2O3. The maximum Gasteiger partial charge on any atom is 0.258 e. The van der Waals surface area contributed by atoms with Crippen LogP contribution < -0.4 is 14.8 Å². The normalized spacial score (nSPS) is 11.9. The second kappa shape index (κ2) is 10.8. The number of nitrogens with one attached hydrogen (secondary N) is 1. The van der Waals surface area contributed by atoms with Crippen LogP contribution in [0.15, 0.2) is 48.5 Å². The van der Waals surface area contributed by atoms with Crippen LogP contribution in [0.25, 0.3) is 0 Å². The number of hydrogen-bond donors (Lipinski definition) is 1. The van der Waals surface area contributed by atoms with Crippen molar-refractivity contribution in [3.05, 3.63) is 59.1 Å². The van der Waals surface area contributed by atoms with E-state index >= 15 is 0 Å². The molecule has 1 N–H and O–H groups in total. The van der Waals surface area contributed by atoms with Gasteiger partial charge in [-0.25, -0.2) is 0 Å². The van der Waals surface area contributed by atoms with Crippen LogP contribution in [-0.2, 0) is 4.79 Å². The van der Waals surface area contributed by atoms with Crippen LogP contribution in [0, 0.1) is 0 Å². The lowest BCUT2D eigenvalue weighted by molar-refractivity contribution is -0.123. The highest BCUT2D eigenvalue weighted by Crippen LogP contribution is 2.27. The molecule has 0 aliphatic rings. The average molecular weight is 391 g/mol. The van der Waals surface area contributed by atoms with Gasteiger partial charge in [0.15, 0.2) is 6.61 Å². The van der Waals surface area contributed by atoms with E-state index in [4.69, 9.17) is 21.1 Å². The minimum absolute atomic E-state index is 0.0126. The van der Waals surface area contributed by atoms with Gasteiger partial charge in [0.05, 0.1) is 13.2 Å².